The van der Waals surface area contributed by atoms with Crippen LogP contribution in [0.15, 0.2) is 23.4 Å². The molecule has 1 aromatic rings. The van der Waals surface area contributed by atoms with E-state index in [1.165, 1.54) is 6.08 Å². The van der Waals surface area contributed by atoms with Crippen LogP contribution in [0.25, 0.3) is 5.57 Å². The van der Waals surface area contributed by atoms with E-state index in [-0.39, 0.29) is 5.83 Å². The molecule has 0 aliphatic rings. The van der Waals surface area contributed by atoms with E-state index in [0.29, 0.717) is 12.0 Å². The van der Waals surface area contributed by atoms with Gasteiger partial charge >= 0.3 is 0 Å². The topological polar surface area (TPSA) is 12.9 Å². The van der Waals surface area contributed by atoms with Gasteiger partial charge in [0.05, 0.1) is 10.7 Å². The lowest BCUT2D eigenvalue weighted by atomic mass is 10.1. The summed E-state index contributed by atoms with van der Waals surface area (Å²) in [6.07, 6.45) is 3.84. The van der Waals surface area contributed by atoms with Gasteiger partial charge in [0.15, 0.2) is 0 Å². The van der Waals surface area contributed by atoms with Crippen LogP contribution < -0.4 is 0 Å². The monoisotopic (exact) mass is 211 g/mol. The maximum atomic E-state index is 13.5. The third-order valence-electron chi connectivity index (χ3n) is 1.88. The van der Waals surface area contributed by atoms with Crippen LogP contribution in [-0.2, 0) is 0 Å². The molecule has 1 nitrogen and oxygen atoms in total. The van der Waals surface area contributed by atoms with Gasteiger partial charge < -0.3 is 0 Å². The summed E-state index contributed by atoms with van der Waals surface area (Å²) in [5, 5.41) is 2.87. The minimum atomic E-state index is -0.180. The van der Waals surface area contributed by atoms with Gasteiger partial charge in [-0.2, -0.15) is 0 Å². The van der Waals surface area contributed by atoms with E-state index in [2.05, 4.69) is 4.98 Å². The molecule has 0 amide bonds. The lowest BCUT2D eigenvalue weighted by Gasteiger charge is -2.00. The Labute approximate surface area is 88.0 Å². The molecule has 0 bridgehead atoms. The van der Waals surface area contributed by atoms with Gasteiger partial charge in [0, 0.05) is 11.0 Å². The van der Waals surface area contributed by atoms with Crippen molar-refractivity contribution < 1.29 is 4.39 Å². The second kappa shape index (κ2) is 5.05. The summed E-state index contributed by atoms with van der Waals surface area (Å²) in [6, 6.07) is 0. The van der Waals surface area contributed by atoms with Crippen LogP contribution in [0.2, 0.25) is 0 Å². The zero-order valence-electron chi connectivity index (χ0n) is 8.67. The fraction of sp³-hybridized carbons (Fsp3) is 0.364. The van der Waals surface area contributed by atoms with E-state index >= 15 is 0 Å². The molecule has 3 heteroatoms. The van der Waals surface area contributed by atoms with Crippen LogP contribution in [0.3, 0.4) is 0 Å². The largest absolute Gasteiger partial charge is 0.242 e. The van der Waals surface area contributed by atoms with Crippen molar-refractivity contribution >= 4 is 16.9 Å². The van der Waals surface area contributed by atoms with Crippen molar-refractivity contribution in [2.75, 3.05) is 0 Å². The average molecular weight is 211 g/mol. The third kappa shape index (κ3) is 2.51. The number of rotatable bonds is 3. The van der Waals surface area contributed by atoms with Gasteiger partial charge in [-0.25, -0.2) is 9.37 Å². The molecule has 0 aliphatic heterocycles. The smallest absolute Gasteiger partial charge is 0.128 e. The lowest BCUT2D eigenvalue weighted by molar-refractivity contribution is 0.666. The molecule has 1 rings (SSSR count). The molecule has 14 heavy (non-hydrogen) atoms. The van der Waals surface area contributed by atoms with Crippen LogP contribution in [-0.4, -0.2) is 4.98 Å². The number of allylic oxidation sites excluding steroid dienone is 4. The highest BCUT2D eigenvalue weighted by molar-refractivity contribution is 7.09. The maximum absolute atomic E-state index is 13.5. The lowest BCUT2D eigenvalue weighted by Crippen LogP contribution is -1.86. The number of thiazole rings is 1. The minimum absolute atomic E-state index is 0.180. The molecule has 0 saturated carbocycles. The van der Waals surface area contributed by atoms with Crippen molar-refractivity contribution in [2.45, 2.75) is 27.2 Å². The molecule has 0 radical (unpaired) electrons. The molecule has 0 atom stereocenters. The number of aryl methyl sites for hydroxylation is 1. The predicted molar refractivity (Wildman–Crippen MR) is 60.0 cm³/mol. The summed E-state index contributed by atoms with van der Waals surface area (Å²) in [6.45, 7) is 5.67. The second-order valence-corrected chi connectivity index (χ2v) is 3.99. The summed E-state index contributed by atoms with van der Waals surface area (Å²) >= 11 is 1.55. The van der Waals surface area contributed by atoms with Gasteiger partial charge in [0.25, 0.3) is 0 Å². The Morgan fingerprint density at radius 3 is 2.79 bits per heavy atom. The van der Waals surface area contributed by atoms with Gasteiger partial charge in [-0.1, -0.05) is 13.0 Å². The Morgan fingerprint density at radius 1 is 1.64 bits per heavy atom. The molecule has 0 spiro atoms. The predicted octanol–water partition coefficient (Wildman–Crippen LogP) is 4.12. The number of hydrogen-bond donors (Lipinski definition) is 0. The van der Waals surface area contributed by atoms with Crippen LogP contribution in [0, 0.1) is 6.92 Å². The zero-order chi connectivity index (χ0) is 10.6. The molecule has 0 aromatic carbocycles. The molecule has 0 aliphatic carbocycles. The van der Waals surface area contributed by atoms with Gasteiger partial charge in [0.1, 0.15) is 5.83 Å². The van der Waals surface area contributed by atoms with Gasteiger partial charge in [-0.3, -0.25) is 0 Å². The van der Waals surface area contributed by atoms with Gasteiger partial charge in [0.2, 0.25) is 0 Å². The second-order valence-electron chi connectivity index (χ2n) is 2.93. The third-order valence-corrected chi connectivity index (χ3v) is 2.66. The highest BCUT2D eigenvalue weighted by Gasteiger charge is 2.08. The van der Waals surface area contributed by atoms with Crippen molar-refractivity contribution in [3.63, 3.8) is 0 Å². The first-order chi connectivity index (χ1) is 6.69. The van der Waals surface area contributed by atoms with E-state index in [1.54, 1.807) is 24.3 Å². The van der Waals surface area contributed by atoms with E-state index in [4.69, 9.17) is 0 Å². The van der Waals surface area contributed by atoms with Gasteiger partial charge in [-0.05, 0) is 26.3 Å². The first-order valence-corrected chi connectivity index (χ1v) is 5.50. The molecule has 0 saturated heterocycles. The van der Waals surface area contributed by atoms with Crippen LogP contribution in [0.1, 0.15) is 31.0 Å². The molecule has 0 fully saturated rings. The normalized spacial score (nSPS) is 13.4. The summed E-state index contributed by atoms with van der Waals surface area (Å²) in [4.78, 5) is 4.27. The van der Waals surface area contributed by atoms with E-state index in [9.17, 15) is 4.39 Å². The summed E-state index contributed by atoms with van der Waals surface area (Å²) in [5.74, 6) is -0.180. The maximum Gasteiger partial charge on any atom is 0.128 e. The molecular formula is C11H14FNS. The standard InChI is InChI=1S/C11H14FNS/c1-4-6-10(12)9(5-2)11-7-14-8(3)13-11/h4,6-7H,5H2,1-3H3/b6-4-,10-9-. The Morgan fingerprint density at radius 2 is 2.36 bits per heavy atom. The van der Waals surface area contributed by atoms with Crippen molar-refractivity contribution in [3.05, 3.63) is 34.1 Å². The fourth-order valence-electron chi connectivity index (χ4n) is 1.22. The highest BCUT2D eigenvalue weighted by atomic mass is 32.1. The number of aromatic nitrogens is 1. The summed E-state index contributed by atoms with van der Waals surface area (Å²) in [5.41, 5.74) is 1.46. The molecule has 0 N–H and O–H groups in total. The number of nitrogens with zero attached hydrogens (tertiary/aromatic N) is 1. The van der Waals surface area contributed by atoms with Crippen LogP contribution in [0.5, 0.6) is 0 Å². The molecular weight excluding hydrogens is 197 g/mol. The number of halogens is 1. The van der Waals surface area contributed by atoms with E-state index < -0.39 is 0 Å². The summed E-state index contributed by atoms with van der Waals surface area (Å²) < 4.78 is 13.5. The average Bonchev–Trinajstić information content (AvgIpc) is 2.54. The first-order valence-electron chi connectivity index (χ1n) is 4.62. The number of hydrogen-bond acceptors (Lipinski definition) is 2. The quantitative estimate of drug-likeness (QED) is 0.685. The van der Waals surface area contributed by atoms with E-state index in [1.807, 2.05) is 19.2 Å². The molecule has 76 valence electrons. The SMILES string of the molecule is C/C=C\C(F)=C(/CC)c1csc(C)n1. The minimum Gasteiger partial charge on any atom is -0.242 e. The Balaban J connectivity index is 3.09. The van der Waals surface area contributed by atoms with Crippen molar-refractivity contribution in [1.29, 1.82) is 0 Å². The molecule has 0 unspecified atom stereocenters. The fourth-order valence-corrected chi connectivity index (χ4v) is 1.85. The van der Waals surface area contributed by atoms with Crippen LogP contribution >= 0.6 is 11.3 Å². The molecule has 1 heterocycles. The van der Waals surface area contributed by atoms with Crippen molar-refractivity contribution in [3.8, 4) is 0 Å². The Hall–Kier alpha value is -0.960. The van der Waals surface area contributed by atoms with Crippen LogP contribution in [0.4, 0.5) is 4.39 Å². The van der Waals surface area contributed by atoms with Gasteiger partial charge in [-0.15, -0.1) is 11.3 Å². The molecule has 1 aromatic heterocycles. The summed E-state index contributed by atoms with van der Waals surface area (Å²) in [7, 11) is 0. The highest BCUT2D eigenvalue weighted by Crippen LogP contribution is 2.25. The Bertz CT molecular complexity index is 363. The van der Waals surface area contributed by atoms with Crippen molar-refractivity contribution in [2.24, 2.45) is 0 Å². The van der Waals surface area contributed by atoms with E-state index in [0.717, 1.165) is 10.7 Å². The zero-order valence-corrected chi connectivity index (χ0v) is 9.49. The first kappa shape index (κ1) is 11.1. The Kier molecular flexibility index (Phi) is 4.01. The van der Waals surface area contributed by atoms with Crippen molar-refractivity contribution in [1.82, 2.24) is 4.98 Å².